The van der Waals surface area contributed by atoms with Crippen LogP contribution < -0.4 is 14.8 Å². The largest absolute Gasteiger partial charge is 0.488 e. The number of amides is 1. The van der Waals surface area contributed by atoms with Crippen LogP contribution in [-0.2, 0) is 15.9 Å². The maximum absolute atomic E-state index is 12.1. The van der Waals surface area contributed by atoms with Gasteiger partial charge in [0.05, 0.1) is 13.7 Å². The molecule has 7 heteroatoms. The van der Waals surface area contributed by atoms with Crippen LogP contribution in [0.1, 0.15) is 53.0 Å². The Morgan fingerprint density at radius 1 is 1.21 bits per heavy atom. The zero-order valence-electron chi connectivity index (χ0n) is 18.3. The van der Waals surface area contributed by atoms with Crippen molar-refractivity contribution in [1.29, 1.82) is 0 Å². The Kier molecular flexibility index (Phi) is 10.1. The Labute approximate surface area is 169 Å². The number of aromatic nitrogens is 1. The Bertz CT molecular complexity index is 599. The number of hydrogen-bond donors (Lipinski definition) is 1. The number of ether oxygens (including phenoxy) is 4. The Morgan fingerprint density at radius 3 is 2.50 bits per heavy atom. The predicted molar refractivity (Wildman–Crippen MR) is 109 cm³/mol. The lowest BCUT2D eigenvalue weighted by Gasteiger charge is -2.26. The molecule has 160 valence electrons. The molecular weight excluding hydrogens is 360 g/mol. The van der Waals surface area contributed by atoms with Gasteiger partial charge in [-0.3, -0.25) is 0 Å². The molecule has 1 aromatic rings. The van der Waals surface area contributed by atoms with Crippen molar-refractivity contribution < 1.29 is 23.7 Å². The molecule has 1 rings (SSSR count). The van der Waals surface area contributed by atoms with Crippen LogP contribution in [0.3, 0.4) is 0 Å². The fourth-order valence-electron chi connectivity index (χ4n) is 2.60. The number of nitrogens with one attached hydrogen (secondary N) is 1. The van der Waals surface area contributed by atoms with Gasteiger partial charge in [-0.15, -0.1) is 0 Å². The minimum absolute atomic E-state index is 0.00280. The predicted octanol–water partition coefficient (Wildman–Crippen LogP) is 3.99. The van der Waals surface area contributed by atoms with Gasteiger partial charge in [0.1, 0.15) is 5.60 Å². The average molecular weight is 397 g/mol. The van der Waals surface area contributed by atoms with Crippen LogP contribution in [0.5, 0.6) is 11.6 Å². The lowest BCUT2D eigenvalue weighted by molar-refractivity contribution is 0.0487. The van der Waals surface area contributed by atoms with E-state index in [2.05, 4.69) is 24.1 Å². The highest BCUT2D eigenvalue weighted by atomic mass is 16.6. The number of nitrogens with zero attached hydrogens (tertiary/aromatic N) is 1. The minimum atomic E-state index is -0.513. The van der Waals surface area contributed by atoms with Gasteiger partial charge >= 0.3 is 6.09 Å². The third-order valence-corrected chi connectivity index (χ3v) is 4.07. The van der Waals surface area contributed by atoms with Gasteiger partial charge in [-0.2, -0.15) is 0 Å². The van der Waals surface area contributed by atoms with Gasteiger partial charge in [-0.05, 0) is 51.2 Å². The van der Waals surface area contributed by atoms with Crippen LogP contribution in [0.2, 0.25) is 0 Å². The second kappa shape index (κ2) is 11.7. The van der Waals surface area contributed by atoms with Crippen LogP contribution in [0.25, 0.3) is 0 Å². The van der Waals surface area contributed by atoms with Crippen LogP contribution in [0.15, 0.2) is 12.3 Å². The molecule has 1 unspecified atom stereocenters. The van der Waals surface area contributed by atoms with Gasteiger partial charge < -0.3 is 24.3 Å². The first-order valence-corrected chi connectivity index (χ1v) is 9.80. The van der Waals surface area contributed by atoms with E-state index in [1.54, 1.807) is 20.4 Å². The quantitative estimate of drug-likeness (QED) is 0.570. The fourth-order valence-corrected chi connectivity index (χ4v) is 2.60. The molecule has 0 saturated carbocycles. The lowest BCUT2D eigenvalue weighted by atomic mass is 9.97. The first-order chi connectivity index (χ1) is 13.2. The molecule has 7 nitrogen and oxygen atoms in total. The molecule has 0 bridgehead atoms. The van der Waals surface area contributed by atoms with E-state index in [4.69, 9.17) is 18.9 Å². The van der Waals surface area contributed by atoms with Gasteiger partial charge in [0.25, 0.3) is 5.88 Å². The summed E-state index contributed by atoms with van der Waals surface area (Å²) >= 11 is 0. The number of carbonyl (C=O) groups is 1. The SMILES string of the molecule is COCCCOc1cc(CCC(NC(=O)OC(C)(C)C)C(C)C)cnc1OC. The Balaban J connectivity index is 2.70. The van der Waals surface area contributed by atoms with E-state index >= 15 is 0 Å². The molecule has 0 aliphatic heterocycles. The maximum atomic E-state index is 12.1. The summed E-state index contributed by atoms with van der Waals surface area (Å²) in [6, 6.07) is 1.95. The van der Waals surface area contributed by atoms with E-state index in [1.807, 2.05) is 26.8 Å². The van der Waals surface area contributed by atoms with Gasteiger partial charge in [0.15, 0.2) is 5.75 Å². The van der Waals surface area contributed by atoms with Gasteiger partial charge in [-0.1, -0.05) is 13.8 Å². The molecule has 0 aliphatic rings. The Morgan fingerprint density at radius 2 is 1.93 bits per heavy atom. The molecule has 0 fully saturated rings. The standard InChI is InChI=1S/C21H36N2O5/c1-15(2)17(23-20(24)28-21(3,4)5)10-9-16-13-18(19(26-7)22-14-16)27-12-8-11-25-6/h13-15,17H,8-12H2,1-7H3,(H,23,24). The van der Waals surface area contributed by atoms with E-state index in [-0.39, 0.29) is 18.1 Å². The fraction of sp³-hybridized carbons (Fsp3) is 0.714. The summed E-state index contributed by atoms with van der Waals surface area (Å²) in [5.41, 5.74) is 0.514. The molecule has 1 aromatic heterocycles. The normalized spacial score (nSPS) is 12.6. The highest BCUT2D eigenvalue weighted by Crippen LogP contribution is 2.26. The van der Waals surface area contributed by atoms with Crippen molar-refractivity contribution >= 4 is 6.09 Å². The van der Waals surface area contributed by atoms with Crippen molar-refractivity contribution in [2.75, 3.05) is 27.4 Å². The lowest BCUT2D eigenvalue weighted by Crippen LogP contribution is -2.42. The first-order valence-electron chi connectivity index (χ1n) is 9.80. The van der Waals surface area contributed by atoms with Crippen molar-refractivity contribution in [2.24, 2.45) is 5.92 Å². The second-order valence-electron chi connectivity index (χ2n) is 8.08. The number of carbonyl (C=O) groups excluding carboxylic acids is 1. The number of methoxy groups -OCH3 is 2. The summed E-state index contributed by atoms with van der Waals surface area (Å²) in [6.45, 7) is 10.9. The molecule has 1 amide bonds. The molecule has 0 radical (unpaired) electrons. The van der Waals surface area contributed by atoms with E-state index in [9.17, 15) is 4.79 Å². The molecule has 1 heterocycles. The number of rotatable bonds is 11. The number of alkyl carbamates (subject to hydrolysis) is 1. The molecule has 28 heavy (non-hydrogen) atoms. The summed E-state index contributed by atoms with van der Waals surface area (Å²) in [5, 5.41) is 2.98. The van der Waals surface area contributed by atoms with Crippen molar-refractivity contribution in [3.05, 3.63) is 17.8 Å². The summed E-state index contributed by atoms with van der Waals surface area (Å²) in [5.74, 6) is 1.37. The molecule has 1 N–H and O–H groups in total. The second-order valence-corrected chi connectivity index (χ2v) is 8.08. The van der Waals surface area contributed by atoms with Crippen LogP contribution in [0, 0.1) is 5.92 Å². The first kappa shape index (κ1) is 24.0. The molecule has 0 saturated heterocycles. The number of aryl methyl sites for hydroxylation is 1. The third kappa shape index (κ3) is 9.26. The molecule has 0 spiro atoms. The monoisotopic (exact) mass is 396 g/mol. The van der Waals surface area contributed by atoms with Gasteiger partial charge in [-0.25, -0.2) is 9.78 Å². The van der Waals surface area contributed by atoms with Crippen LogP contribution >= 0.6 is 0 Å². The van der Waals surface area contributed by atoms with E-state index in [0.29, 0.717) is 24.8 Å². The molecular formula is C21H36N2O5. The Hall–Kier alpha value is -2.02. The molecule has 0 aliphatic carbocycles. The van der Waals surface area contributed by atoms with Crippen LogP contribution in [0.4, 0.5) is 4.79 Å². The number of pyridine rings is 1. The average Bonchev–Trinajstić information content (AvgIpc) is 2.60. The number of hydrogen-bond acceptors (Lipinski definition) is 6. The molecule has 0 aromatic carbocycles. The summed E-state index contributed by atoms with van der Waals surface area (Å²) in [6.07, 6.45) is 3.71. The summed E-state index contributed by atoms with van der Waals surface area (Å²) in [7, 11) is 3.24. The van der Waals surface area contributed by atoms with Crippen molar-refractivity contribution in [2.45, 2.75) is 65.5 Å². The summed E-state index contributed by atoms with van der Waals surface area (Å²) < 4.78 is 21.5. The van der Waals surface area contributed by atoms with Crippen molar-refractivity contribution in [3.63, 3.8) is 0 Å². The molecule has 1 atom stereocenters. The zero-order chi connectivity index (χ0) is 21.2. The smallest absolute Gasteiger partial charge is 0.407 e. The minimum Gasteiger partial charge on any atom is -0.488 e. The van der Waals surface area contributed by atoms with E-state index in [0.717, 1.165) is 24.8 Å². The highest BCUT2D eigenvalue weighted by molar-refractivity contribution is 5.68. The third-order valence-electron chi connectivity index (χ3n) is 4.07. The van der Waals surface area contributed by atoms with Gasteiger partial charge in [0, 0.05) is 32.4 Å². The van der Waals surface area contributed by atoms with Crippen molar-refractivity contribution in [3.8, 4) is 11.6 Å². The zero-order valence-corrected chi connectivity index (χ0v) is 18.3. The maximum Gasteiger partial charge on any atom is 0.407 e. The van der Waals surface area contributed by atoms with Crippen LogP contribution in [-0.4, -0.2) is 50.2 Å². The van der Waals surface area contributed by atoms with E-state index in [1.165, 1.54) is 0 Å². The van der Waals surface area contributed by atoms with Crippen molar-refractivity contribution in [1.82, 2.24) is 10.3 Å². The van der Waals surface area contributed by atoms with E-state index < -0.39 is 5.60 Å². The van der Waals surface area contributed by atoms with Gasteiger partial charge in [0.2, 0.25) is 0 Å². The summed E-state index contributed by atoms with van der Waals surface area (Å²) in [4.78, 5) is 16.4. The topological polar surface area (TPSA) is 78.9 Å². The highest BCUT2D eigenvalue weighted by Gasteiger charge is 2.21.